The summed E-state index contributed by atoms with van der Waals surface area (Å²) in [5, 5.41) is 14.0. The number of aromatic nitrogens is 1. The highest BCUT2D eigenvalue weighted by atomic mass is 35.5. The van der Waals surface area contributed by atoms with Crippen LogP contribution in [0.25, 0.3) is 11.3 Å². The second kappa shape index (κ2) is 5.11. The quantitative estimate of drug-likeness (QED) is 0.877. The summed E-state index contributed by atoms with van der Waals surface area (Å²) < 4.78 is 5.24. The molecule has 0 unspecified atom stereocenters. The Morgan fingerprint density at radius 1 is 1.25 bits per heavy atom. The molecule has 2 aromatic rings. The molecule has 0 saturated carbocycles. The largest absolute Gasteiger partial charge is 0.477 e. The van der Waals surface area contributed by atoms with Crippen LogP contribution in [0.2, 0.25) is 10.0 Å². The number of nitrogens with zero attached hydrogens (tertiary/aromatic N) is 1. The Hall–Kier alpha value is -1.52. The molecule has 1 N–H and O–H groups in total. The van der Waals surface area contributed by atoms with Gasteiger partial charge in [0.05, 0.1) is 10.0 Å². The van der Waals surface area contributed by atoms with Crippen LogP contribution in [0, 0.1) is 0 Å². The van der Waals surface area contributed by atoms with Gasteiger partial charge in [0.25, 0.3) is 0 Å². The highest BCUT2D eigenvalue weighted by Crippen LogP contribution is 2.35. The lowest BCUT2D eigenvalue weighted by Gasteiger charge is -2.14. The van der Waals surface area contributed by atoms with Gasteiger partial charge in [0, 0.05) is 11.0 Å². The fraction of sp³-hybridized carbons (Fsp3) is 0.286. The normalized spacial score (nSPS) is 11.7. The molecule has 4 nitrogen and oxygen atoms in total. The minimum absolute atomic E-state index is 0.0517. The second-order valence-corrected chi connectivity index (χ2v) is 6.23. The Bertz CT molecular complexity index is 672. The molecule has 0 aliphatic heterocycles. The molecule has 6 heteroatoms. The molecule has 0 fully saturated rings. The predicted molar refractivity (Wildman–Crippen MR) is 77.6 cm³/mol. The topological polar surface area (TPSA) is 63.3 Å². The minimum atomic E-state index is -1.09. The van der Waals surface area contributed by atoms with E-state index in [2.05, 4.69) is 5.16 Å². The van der Waals surface area contributed by atoms with Crippen molar-refractivity contribution in [2.75, 3.05) is 0 Å². The van der Waals surface area contributed by atoms with E-state index in [1.807, 2.05) is 20.8 Å². The van der Waals surface area contributed by atoms with Crippen LogP contribution in [0.5, 0.6) is 0 Å². The number of carbonyl (C=O) groups is 1. The molecule has 0 radical (unpaired) electrons. The van der Waals surface area contributed by atoms with Crippen LogP contribution < -0.4 is 0 Å². The molecule has 1 aromatic heterocycles. The summed E-state index contributed by atoms with van der Waals surface area (Å²) in [6.07, 6.45) is 0. The third kappa shape index (κ3) is 2.67. The van der Waals surface area contributed by atoms with Crippen molar-refractivity contribution in [2.45, 2.75) is 26.2 Å². The minimum Gasteiger partial charge on any atom is -0.477 e. The lowest BCUT2D eigenvalue weighted by atomic mass is 9.89. The van der Waals surface area contributed by atoms with Gasteiger partial charge in [0.1, 0.15) is 11.3 Å². The number of carboxylic acid groups (broad SMARTS) is 1. The Morgan fingerprint density at radius 3 is 2.40 bits per heavy atom. The van der Waals surface area contributed by atoms with Gasteiger partial charge in [-0.3, -0.25) is 0 Å². The van der Waals surface area contributed by atoms with Crippen molar-refractivity contribution >= 4 is 29.2 Å². The summed E-state index contributed by atoms with van der Waals surface area (Å²) in [5.41, 5.74) is 0.391. The third-order valence-electron chi connectivity index (χ3n) is 2.78. The molecule has 2 rings (SSSR count). The van der Waals surface area contributed by atoms with E-state index >= 15 is 0 Å². The molecule has 0 spiro atoms. The van der Waals surface area contributed by atoms with Gasteiger partial charge in [0.15, 0.2) is 5.76 Å². The van der Waals surface area contributed by atoms with Gasteiger partial charge in [-0.2, -0.15) is 0 Å². The highest BCUT2D eigenvalue weighted by molar-refractivity contribution is 6.42. The van der Waals surface area contributed by atoms with E-state index in [9.17, 15) is 9.90 Å². The van der Waals surface area contributed by atoms with Gasteiger partial charge in [-0.1, -0.05) is 55.2 Å². The zero-order valence-corrected chi connectivity index (χ0v) is 12.7. The first-order chi connectivity index (χ1) is 9.21. The van der Waals surface area contributed by atoms with Crippen LogP contribution >= 0.6 is 23.2 Å². The van der Waals surface area contributed by atoms with Gasteiger partial charge in [0.2, 0.25) is 0 Å². The Kier molecular flexibility index (Phi) is 3.80. The number of carboxylic acids is 1. The lowest BCUT2D eigenvalue weighted by molar-refractivity contribution is 0.0693. The molecule has 0 amide bonds. The maximum Gasteiger partial charge on any atom is 0.341 e. The monoisotopic (exact) mass is 313 g/mol. The van der Waals surface area contributed by atoms with Gasteiger partial charge >= 0.3 is 5.97 Å². The summed E-state index contributed by atoms with van der Waals surface area (Å²) in [5.74, 6) is -0.761. The Labute approximate surface area is 126 Å². The zero-order valence-electron chi connectivity index (χ0n) is 11.2. The first kappa shape index (κ1) is 14.9. The van der Waals surface area contributed by atoms with Gasteiger partial charge in [-0.05, 0) is 12.1 Å². The van der Waals surface area contributed by atoms with E-state index in [0.717, 1.165) is 0 Å². The van der Waals surface area contributed by atoms with Gasteiger partial charge < -0.3 is 9.63 Å². The second-order valence-electron chi connectivity index (χ2n) is 5.42. The van der Waals surface area contributed by atoms with Crippen LogP contribution in [0.1, 0.15) is 36.9 Å². The molecule has 20 heavy (non-hydrogen) atoms. The maximum absolute atomic E-state index is 11.5. The SMILES string of the molecule is CC(C)(C)c1onc(-c2ccc(Cl)c(Cl)c2)c1C(=O)O. The molecule has 0 bridgehead atoms. The number of halogens is 2. The summed E-state index contributed by atoms with van der Waals surface area (Å²) in [7, 11) is 0. The summed E-state index contributed by atoms with van der Waals surface area (Å²) >= 11 is 11.8. The average Bonchev–Trinajstić information content (AvgIpc) is 2.77. The number of benzene rings is 1. The molecule has 1 aromatic carbocycles. The Morgan fingerprint density at radius 2 is 1.90 bits per heavy atom. The summed E-state index contributed by atoms with van der Waals surface area (Å²) in [6.45, 7) is 5.58. The molecule has 0 aliphatic rings. The first-order valence-electron chi connectivity index (χ1n) is 5.90. The maximum atomic E-state index is 11.5. The highest BCUT2D eigenvalue weighted by Gasteiger charge is 2.31. The van der Waals surface area contributed by atoms with Crippen molar-refractivity contribution in [3.8, 4) is 11.3 Å². The molecular formula is C14H13Cl2NO3. The molecule has 0 atom stereocenters. The van der Waals surface area contributed by atoms with Gasteiger partial charge in [-0.15, -0.1) is 0 Å². The molecular weight excluding hydrogens is 301 g/mol. The van der Waals surface area contributed by atoms with E-state index in [0.29, 0.717) is 21.4 Å². The molecule has 1 heterocycles. The predicted octanol–water partition coefficient (Wildman–Crippen LogP) is 4.64. The molecule has 0 saturated heterocycles. The van der Waals surface area contributed by atoms with Crippen molar-refractivity contribution in [3.05, 3.63) is 39.6 Å². The van der Waals surface area contributed by atoms with E-state index in [4.69, 9.17) is 27.7 Å². The first-order valence-corrected chi connectivity index (χ1v) is 6.66. The van der Waals surface area contributed by atoms with Crippen molar-refractivity contribution in [2.24, 2.45) is 0 Å². The third-order valence-corrected chi connectivity index (χ3v) is 3.52. The summed E-state index contributed by atoms with van der Waals surface area (Å²) in [4.78, 5) is 11.5. The zero-order chi connectivity index (χ0) is 15.1. The van der Waals surface area contributed by atoms with E-state index in [1.54, 1.807) is 18.2 Å². The number of hydrogen-bond acceptors (Lipinski definition) is 3. The average molecular weight is 314 g/mol. The van der Waals surface area contributed by atoms with E-state index in [-0.39, 0.29) is 11.3 Å². The van der Waals surface area contributed by atoms with Crippen LogP contribution in [0.4, 0.5) is 0 Å². The Balaban J connectivity index is 2.66. The van der Waals surface area contributed by atoms with Crippen molar-refractivity contribution in [1.29, 1.82) is 0 Å². The van der Waals surface area contributed by atoms with E-state index < -0.39 is 11.4 Å². The van der Waals surface area contributed by atoms with Gasteiger partial charge in [-0.25, -0.2) is 4.79 Å². The number of rotatable bonds is 2. The van der Waals surface area contributed by atoms with Crippen molar-refractivity contribution in [1.82, 2.24) is 5.16 Å². The molecule has 0 aliphatic carbocycles. The fourth-order valence-electron chi connectivity index (χ4n) is 1.84. The van der Waals surface area contributed by atoms with E-state index in [1.165, 1.54) is 0 Å². The van der Waals surface area contributed by atoms with Crippen LogP contribution in [0.3, 0.4) is 0 Å². The number of aromatic carboxylic acids is 1. The smallest absolute Gasteiger partial charge is 0.341 e. The van der Waals surface area contributed by atoms with Crippen molar-refractivity contribution in [3.63, 3.8) is 0 Å². The standard InChI is InChI=1S/C14H13Cl2NO3/c1-14(2,3)12-10(13(18)19)11(17-20-12)7-4-5-8(15)9(16)6-7/h4-6H,1-3H3,(H,18,19). The van der Waals surface area contributed by atoms with Crippen LogP contribution in [-0.4, -0.2) is 16.2 Å². The molecule has 106 valence electrons. The van der Waals surface area contributed by atoms with Crippen molar-refractivity contribution < 1.29 is 14.4 Å². The van der Waals surface area contributed by atoms with Crippen LogP contribution in [-0.2, 0) is 5.41 Å². The van der Waals surface area contributed by atoms with Crippen LogP contribution in [0.15, 0.2) is 22.7 Å². The lowest BCUT2D eigenvalue weighted by Crippen LogP contribution is -2.15. The fourth-order valence-corrected chi connectivity index (χ4v) is 2.14. The number of hydrogen-bond donors (Lipinski definition) is 1. The summed E-state index contributed by atoms with van der Waals surface area (Å²) in [6, 6.07) is 4.82.